The maximum absolute atomic E-state index is 12.3. The predicted octanol–water partition coefficient (Wildman–Crippen LogP) is 5.39. The fourth-order valence-corrected chi connectivity index (χ4v) is 3.33. The highest BCUT2D eigenvalue weighted by Gasteiger charge is 2.10. The van der Waals surface area contributed by atoms with Gasteiger partial charge in [-0.15, -0.1) is 0 Å². The number of aromatic nitrogens is 1. The predicted molar refractivity (Wildman–Crippen MR) is 127 cm³/mol. The minimum Gasteiger partial charge on any atom is -0.487 e. The molecule has 0 spiro atoms. The smallest absolute Gasteiger partial charge is 0.224 e. The molecule has 2 aromatic carbocycles. The zero-order valence-corrected chi connectivity index (χ0v) is 18.7. The topological polar surface area (TPSA) is 68.3 Å². The Morgan fingerprint density at radius 2 is 1.69 bits per heavy atom. The number of ether oxygens (including phenoxy) is 1. The number of ketones is 1. The molecule has 3 rings (SSSR count). The monoisotopic (exact) mass is 430 g/mol. The Morgan fingerprint density at radius 3 is 2.41 bits per heavy atom. The van der Waals surface area contributed by atoms with Crippen LogP contribution in [0.2, 0.25) is 0 Å². The van der Waals surface area contributed by atoms with Gasteiger partial charge in [-0.3, -0.25) is 14.6 Å². The van der Waals surface area contributed by atoms with Gasteiger partial charge in [0.2, 0.25) is 5.91 Å². The van der Waals surface area contributed by atoms with Crippen LogP contribution in [0.25, 0.3) is 0 Å². The number of amides is 1. The van der Waals surface area contributed by atoms with E-state index in [9.17, 15) is 9.59 Å². The first-order chi connectivity index (χ1) is 15.5. The summed E-state index contributed by atoms with van der Waals surface area (Å²) in [5, 5.41) is 2.93. The van der Waals surface area contributed by atoms with Crippen LogP contribution in [0.1, 0.15) is 43.4 Å². The molecule has 1 heterocycles. The molecule has 0 saturated heterocycles. The van der Waals surface area contributed by atoms with Gasteiger partial charge in [-0.1, -0.05) is 56.3 Å². The molecule has 0 aliphatic carbocycles. The number of Topliss-reactive ketones (excluding diaryl/α,β-unsaturated/α-hetero) is 1. The average molecular weight is 431 g/mol. The van der Waals surface area contributed by atoms with Crippen molar-refractivity contribution < 1.29 is 14.3 Å². The molecule has 0 bridgehead atoms. The van der Waals surface area contributed by atoms with E-state index in [1.165, 1.54) is 0 Å². The molecule has 0 atom stereocenters. The second kappa shape index (κ2) is 11.8. The minimum absolute atomic E-state index is 0.0198. The van der Waals surface area contributed by atoms with E-state index in [-0.39, 0.29) is 11.7 Å². The van der Waals surface area contributed by atoms with Gasteiger partial charge in [0.1, 0.15) is 18.1 Å². The normalized spacial score (nSPS) is 10.7. The van der Waals surface area contributed by atoms with Crippen molar-refractivity contribution in [1.29, 1.82) is 0 Å². The van der Waals surface area contributed by atoms with Crippen molar-refractivity contribution in [1.82, 2.24) is 4.98 Å². The van der Waals surface area contributed by atoms with E-state index in [0.29, 0.717) is 49.6 Å². The standard InChI is InChI=1S/C27H30N2O3/c1-20(2)16-27(31)29-25-7-3-4-8-26(25)32-19-23-11-9-21(10-12-23)17-24(30)14-13-22-6-5-15-28-18-22/h3-12,15,18,20H,13-14,16-17,19H2,1-2H3,(H,29,31). The van der Waals surface area contributed by atoms with Crippen LogP contribution in [0.5, 0.6) is 5.75 Å². The summed E-state index contributed by atoms with van der Waals surface area (Å²) in [4.78, 5) is 28.5. The molecule has 3 aromatic rings. The Kier molecular flexibility index (Phi) is 8.55. The molecule has 5 nitrogen and oxygen atoms in total. The molecule has 1 aromatic heterocycles. The van der Waals surface area contributed by atoms with E-state index in [2.05, 4.69) is 10.3 Å². The Balaban J connectivity index is 1.50. The van der Waals surface area contributed by atoms with Crippen LogP contribution in [-0.4, -0.2) is 16.7 Å². The summed E-state index contributed by atoms with van der Waals surface area (Å²) in [7, 11) is 0. The van der Waals surface area contributed by atoms with Gasteiger partial charge in [-0.2, -0.15) is 0 Å². The summed E-state index contributed by atoms with van der Waals surface area (Å²) < 4.78 is 5.95. The van der Waals surface area contributed by atoms with Crippen molar-refractivity contribution in [2.75, 3.05) is 5.32 Å². The molecule has 166 valence electrons. The van der Waals surface area contributed by atoms with E-state index in [4.69, 9.17) is 4.74 Å². The third-order valence-electron chi connectivity index (χ3n) is 4.99. The highest BCUT2D eigenvalue weighted by atomic mass is 16.5. The van der Waals surface area contributed by atoms with Crippen LogP contribution in [0.15, 0.2) is 73.1 Å². The van der Waals surface area contributed by atoms with Crippen molar-refractivity contribution >= 4 is 17.4 Å². The van der Waals surface area contributed by atoms with Gasteiger partial charge >= 0.3 is 0 Å². The van der Waals surface area contributed by atoms with Gasteiger partial charge in [0.25, 0.3) is 0 Å². The number of carbonyl (C=O) groups excluding carboxylic acids is 2. The molecular formula is C27H30N2O3. The fraction of sp³-hybridized carbons (Fsp3) is 0.296. The van der Waals surface area contributed by atoms with Crippen molar-refractivity contribution in [3.05, 3.63) is 89.7 Å². The highest BCUT2D eigenvalue weighted by Crippen LogP contribution is 2.25. The number of rotatable bonds is 11. The summed E-state index contributed by atoms with van der Waals surface area (Å²) in [5.74, 6) is 1.13. The first-order valence-electron chi connectivity index (χ1n) is 11.0. The summed E-state index contributed by atoms with van der Waals surface area (Å²) >= 11 is 0. The van der Waals surface area contributed by atoms with Gasteiger partial charge in [0.05, 0.1) is 5.69 Å². The fourth-order valence-electron chi connectivity index (χ4n) is 3.33. The third-order valence-corrected chi connectivity index (χ3v) is 4.99. The molecule has 0 saturated carbocycles. The number of hydrogen-bond acceptors (Lipinski definition) is 4. The lowest BCUT2D eigenvalue weighted by Gasteiger charge is -2.13. The molecule has 5 heteroatoms. The molecule has 0 aliphatic heterocycles. The molecule has 0 unspecified atom stereocenters. The lowest BCUT2D eigenvalue weighted by atomic mass is 10.0. The lowest BCUT2D eigenvalue weighted by Crippen LogP contribution is -2.14. The molecular weight excluding hydrogens is 400 g/mol. The maximum Gasteiger partial charge on any atom is 0.224 e. The summed E-state index contributed by atoms with van der Waals surface area (Å²) in [5.41, 5.74) is 3.74. The molecule has 1 N–H and O–H groups in total. The summed E-state index contributed by atoms with van der Waals surface area (Å²) in [6, 6.07) is 19.2. The zero-order chi connectivity index (χ0) is 22.8. The quantitative estimate of drug-likeness (QED) is 0.443. The number of para-hydroxylation sites is 2. The van der Waals surface area contributed by atoms with Gasteiger partial charge in [0.15, 0.2) is 0 Å². The number of pyridine rings is 1. The van der Waals surface area contributed by atoms with Crippen LogP contribution >= 0.6 is 0 Å². The van der Waals surface area contributed by atoms with Gasteiger partial charge in [-0.25, -0.2) is 0 Å². The Bertz CT molecular complexity index is 1010. The van der Waals surface area contributed by atoms with Crippen LogP contribution in [0.4, 0.5) is 5.69 Å². The molecule has 0 radical (unpaired) electrons. The van der Waals surface area contributed by atoms with Crippen LogP contribution in [0.3, 0.4) is 0 Å². The molecule has 0 fully saturated rings. The first-order valence-corrected chi connectivity index (χ1v) is 11.0. The number of aryl methyl sites for hydroxylation is 1. The molecule has 1 amide bonds. The van der Waals surface area contributed by atoms with Crippen molar-refractivity contribution in [2.45, 2.75) is 46.1 Å². The summed E-state index contributed by atoms with van der Waals surface area (Å²) in [6.07, 6.45) is 5.65. The van der Waals surface area contributed by atoms with E-state index >= 15 is 0 Å². The third kappa shape index (κ3) is 7.65. The van der Waals surface area contributed by atoms with Crippen LogP contribution in [0, 0.1) is 5.92 Å². The van der Waals surface area contributed by atoms with Crippen molar-refractivity contribution in [2.24, 2.45) is 5.92 Å². The van der Waals surface area contributed by atoms with Crippen LogP contribution < -0.4 is 10.1 Å². The number of carbonyl (C=O) groups is 2. The number of benzene rings is 2. The second-order valence-corrected chi connectivity index (χ2v) is 8.32. The van der Waals surface area contributed by atoms with Crippen molar-refractivity contribution in [3.63, 3.8) is 0 Å². The molecule has 0 aliphatic rings. The van der Waals surface area contributed by atoms with E-state index in [1.54, 1.807) is 12.4 Å². The van der Waals surface area contributed by atoms with E-state index in [1.807, 2.05) is 74.5 Å². The highest BCUT2D eigenvalue weighted by molar-refractivity contribution is 5.92. The Labute approximate surface area is 189 Å². The van der Waals surface area contributed by atoms with Crippen molar-refractivity contribution in [3.8, 4) is 5.75 Å². The largest absolute Gasteiger partial charge is 0.487 e. The minimum atomic E-state index is -0.0198. The molecule has 32 heavy (non-hydrogen) atoms. The Hall–Kier alpha value is -3.47. The second-order valence-electron chi connectivity index (χ2n) is 8.32. The van der Waals surface area contributed by atoms with Gasteiger partial charge < -0.3 is 10.1 Å². The SMILES string of the molecule is CC(C)CC(=O)Nc1ccccc1OCc1ccc(CC(=O)CCc2cccnc2)cc1. The maximum atomic E-state index is 12.3. The summed E-state index contributed by atoms with van der Waals surface area (Å²) in [6.45, 7) is 4.41. The number of anilines is 1. The number of nitrogens with zero attached hydrogens (tertiary/aromatic N) is 1. The van der Waals surface area contributed by atoms with Gasteiger partial charge in [0, 0.05) is 31.7 Å². The van der Waals surface area contributed by atoms with E-state index in [0.717, 1.165) is 16.7 Å². The number of nitrogens with one attached hydrogen (secondary N) is 1. The lowest BCUT2D eigenvalue weighted by molar-refractivity contribution is -0.118. The van der Waals surface area contributed by atoms with E-state index < -0.39 is 0 Å². The first kappa shape index (κ1) is 23.2. The average Bonchev–Trinajstić information content (AvgIpc) is 2.78. The van der Waals surface area contributed by atoms with Crippen LogP contribution in [-0.2, 0) is 29.0 Å². The Morgan fingerprint density at radius 1 is 0.938 bits per heavy atom. The zero-order valence-electron chi connectivity index (χ0n) is 18.7. The number of hydrogen-bond donors (Lipinski definition) is 1. The van der Waals surface area contributed by atoms with Gasteiger partial charge in [-0.05, 0) is 47.2 Å².